The molecule has 2 unspecified atom stereocenters. The molecule has 6 heteroatoms. The fourth-order valence-corrected chi connectivity index (χ4v) is 5.06. The quantitative estimate of drug-likeness (QED) is 0.655. The van der Waals surface area contributed by atoms with Crippen molar-refractivity contribution < 1.29 is 9.18 Å². The second kappa shape index (κ2) is 7.76. The number of piperidine rings is 1. The molecule has 5 nitrogen and oxygen atoms in total. The minimum atomic E-state index is -0.478. The largest absolute Gasteiger partial charge is 0.383 e. The highest BCUT2D eigenvalue weighted by atomic mass is 19.1. The minimum Gasteiger partial charge on any atom is -0.383 e. The van der Waals surface area contributed by atoms with E-state index in [0.717, 1.165) is 24.9 Å². The average Bonchev–Trinajstić information content (AvgIpc) is 3.37. The van der Waals surface area contributed by atoms with E-state index in [-0.39, 0.29) is 22.8 Å². The van der Waals surface area contributed by atoms with Crippen molar-refractivity contribution in [3.8, 4) is 11.4 Å². The number of carbonyl (C=O) groups is 1. The van der Waals surface area contributed by atoms with Crippen LogP contribution in [0.5, 0.6) is 0 Å². The summed E-state index contributed by atoms with van der Waals surface area (Å²) in [6, 6.07) is 14.6. The van der Waals surface area contributed by atoms with E-state index in [0.29, 0.717) is 24.6 Å². The predicted molar refractivity (Wildman–Crippen MR) is 118 cm³/mol. The number of hydrogen-bond donors (Lipinski definition) is 1. The molecule has 2 aromatic carbocycles. The summed E-state index contributed by atoms with van der Waals surface area (Å²) in [5.41, 5.74) is 2.51. The van der Waals surface area contributed by atoms with Gasteiger partial charge in [-0.25, -0.2) is 14.4 Å². The number of amides is 1. The van der Waals surface area contributed by atoms with Crippen LogP contribution in [0.4, 0.5) is 10.1 Å². The Balaban J connectivity index is 1.45. The molecule has 5 rings (SSSR count). The fourth-order valence-electron chi connectivity index (χ4n) is 5.06. The highest BCUT2D eigenvalue weighted by Gasteiger charge is 2.52. The number of aryl methyl sites for hydroxylation is 1. The molecule has 1 N–H and O–H groups in total. The van der Waals surface area contributed by atoms with Crippen LogP contribution in [-0.2, 0) is 0 Å². The van der Waals surface area contributed by atoms with Crippen LogP contribution in [0, 0.1) is 18.7 Å². The van der Waals surface area contributed by atoms with Crippen LogP contribution in [0.2, 0.25) is 0 Å². The van der Waals surface area contributed by atoms with E-state index in [2.05, 4.69) is 46.5 Å². The number of rotatable bonds is 5. The second-order valence-corrected chi connectivity index (χ2v) is 8.70. The van der Waals surface area contributed by atoms with Gasteiger partial charge >= 0.3 is 0 Å². The Labute approximate surface area is 181 Å². The van der Waals surface area contributed by atoms with Gasteiger partial charge in [-0.15, -0.1) is 0 Å². The van der Waals surface area contributed by atoms with Crippen molar-refractivity contribution in [2.24, 2.45) is 5.92 Å². The van der Waals surface area contributed by atoms with Crippen LogP contribution in [0.1, 0.15) is 35.2 Å². The molecule has 2 atom stereocenters. The SMILES string of the molecule is Cc1ccc(NCC23CCC(CN2C(=O)c2cccc(F)c2-c2ncccn2)C3)cc1. The van der Waals surface area contributed by atoms with Gasteiger partial charge in [0.15, 0.2) is 5.82 Å². The van der Waals surface area contributed by atoms with E-state index >= 15 is 0 Å². The molecule has 158 valence electrons. The standard InChI is InChI=1S/C25H25FN4O/c1-17-6-8-19(9-7-17)29-16-25-11-10-18(14-25)15-30(25)24(31)20-4-2-5-21(26)22(20)23-27-12-3-13-28-23/h2-9,12-13,18,29H,10-11,14-16H2,1H3. The van der Waals surface area contributed by atoms with Gasteiger partial charge in [0.2, 0.25) is 0 Å². The smallest absolute Gasteiger partial charge is 0.255 e. The number of likely N-dealkylation sites (tertiary alicyclic amines) is 1. The normalized spacial score (nSPS) is 22.0. The van der Waals surface area contributed by atoms with Crippen molar-refractivity contribution in [2.45, 2.75) is 31.7 Å². The Kier molecular flexibility index (Phi) is 4.93. The number of carbonyl (C=O) groups excluding carboxylic acids is 1. The predicted octanol–water partition coefficient (Wildman–Crippen LogP) is 4.70. The van der Waals surface area contributed by atoms with Crippen molar-refractivity contribution in [2.75, 3.05) is 18.4 Å². The third kappa shape index (κ3) is 3.56. The van der Waals surface area contributed by atoms with Crippen LogP contribution < -0.4 is 5.32 Å². The van der Waals surface area contributed by atoms with Gasteiger partial charge in [-0.2, -0.15) is 0 Å². The lowest BCUT2D eigenvalue weighted by molar-refractivity contribution is 0.0567. The second-order valence-electron chi connectivity index (χ2n) is 8.70. The van der Waals surface area contributed by atoms with Crippen LogP contribution >= 0.6 is 0 Å². The summed E-state index contributed by atoms with van der Waals surface area (Å²) in [5.74, 6) is 0.108. The van der Waals surface area contributed by atoms with Crippen LogP contribution in [0.25, 0.3) is 11.4 Å². The Morgan fingerprint density at radius 1 is 1.16 bits per heavy atom. The maximum Gasteiger partial charge on any atom is 0.255 e. The van der Waals surface area contributed by atoms with Crippen molar-refractivity contribution in [3.05, 3.63) is 77.9 Å². The molecule has 31 heavy (non-hydrogen) atoms. The van der Waals surface area contributed by atoms with E-state index in [4.69, 9.17) is 0 Å². The van der Waals surface area contributed by atoms with Crippen LogP contribution in [-0.4, -0.2) is 39.4 Å². The van der Waals surface area contributed by atoms with Gasteiger partial charge in [-0.1, -0.05) is 23.8 Å². The van der Waals surface area contributed by atoms with E-state index in [1.54, 1.807) is 30.6 Å². The topological polar surface area (TPSA) is 58.1 Å². The summed E-state index contributed by atoms with van der Waals surface area (Å²) >= 11 is 0. The van der Waals surface area contributed by atoms with Crippen molar-refractivity contribution >= 4 is 11.6 Å². The summed E-state index contributed by atoms with van der Waals surface area (Å²) in [7, 11) is 0. The van der Waals surface area contributed by atoms with E-state index in [1.807, 2.05) is 4.90 Å². The monoisotopic (exact) mass is 416 g/mol. The summed E-state index contributed by atoms with van der Waals surface area (Å²) in [4.78, 5) is 24.1. The third-order valence-electron chi connectivity index (χ3n) is 6.65. The molecular formula is C25H25FN4O. The third-order valence-corrected chi connectivity index (χ3v) is 6.65. The zero-order chi connectivity index (χ0) is 21.4. The molecule has 1 aromatic heterocycles. The first-order chi connectivity index (χ1) is 15.1. The Morgan fingerprint density at radius 2 is 1.94 bits per heavy atom. The number of benzene rings is 2. The van der Waals surface area contributed by atoms with E-state index < -0.39 is 5.82 Å². The van der Waals surface area contributed by atoms with Gasteiger partial charge in [-0.3, -0.25) is 4.79 Å². The van der Waals surface area contributed by atoms with Crippen molar-refractivity contribution in [1.82, 2.24) is 14.9 Å². The lowest BCUT2D eigenvalue weighted by Crippen LogP contribution is -2.52. The molecule has 0 radical (unpaired) electrons. The first kappa shape index (κ1) is 19.7. The van der Waals surface area contributed by atoms with E-state index in [1.165, 1.54) is 11.6 Å². The number of aromatic nitrogens is 2. The van der Waals surface area contributed by atoms with Gasteiger partial charge in [0.25, 0.3) is 5.91 Å². The number of anilines is 1. The van der Waals surface area contributed by atoms with Gasteiger partial charge in [-0.05, 0) is 62.4 Å². The number of halogens is 1. The van der Waals surface area contributed by atoms with E-state index in [9.17, 15) is 9.18 Å². The first-order valence-electron chi connectivity index (χ1n) is 10.7. The Hall–Kier alpha value is -3.28. The lowest BCUT2D eigenvalue weighted by Gasteiger charge is -2.39. The first-order valence-corrected chi connectivity index (χ1v) is 10.7. The molecule has 2 heterocycles. The molecule has 2 aliphatic rings. The highest BCUT2D eigenvalue weighted by Crippen LogP contribution is 2.47. The summed E-state index contributed by atoms with van der Waals surface area (Å²) in [6.07, 6.45) is 6.18. The molecule has 1 aliphatic carbocycles. The number of fused-ring (bicyclic) bond motifs is 2. The molecule has 2 bridgehead atoms. The maximum absolute atomic E-state index is 14.8. The Morgan fingerprint density at radius 3 is 2.68 bits per heavy atom. The molecular weight excluding hydrogens is 391 g/mol. The van der Waals surface area contributed by atoms with Crippen molar-refractivity contribution in [3.63, 3.8) is 0 Å². The molecule has 1 saturated heterocycles. The number of nitrogens with zero attached hydrogens (tertiary/aromatic N) is 3. The number of hydrogen-bond acceptors (Lipinski definition) is 4. The molecule has 1 amide bonds. The minimum absolute atomic E-state index is 0.144. The summed E-state index contributed by atoms with van der Waals surface area (Å²) < 4.78 is 14.8. The molecule has 0 spiro atoms. The molecule has 3 aromatic rings. The zero-order valence-corrected chi connectivity index (χ0v) is 17.5. The van der Waals surface area contributed by atoms with Crippen LogP contribution in [0.15, 0.2) is 60.9 Å². The van der Waals surface area contributed by atoms with Crippen LogP contribution in [0.3, 0.4) is 0 Å². The summed E-state index contributed by atoms with van der Waals surface area (Å²) in [6.45, 7) is 3.46. The maximum atomic E-state index is 14.8. The average molecular weight is 417 g/mol. The van der Waals surface area contributed by atoms with Gasteiger partial charge in [0, 0.05) is 31.2 Å². The zero-order valence-electron chi connectivity index (χ0n) is 17.5. The fraction of sp³-hybridized carbons (Fsp3) is 0.320. The van der Waals surface area contributed by atoms with Gasteiger partial charge < -0.3 is 10.2 Å². The number of nitrogens with one attached hydrogen (secondary N) is 1. The van der Waals surface area contributed by atoms with Gasteiger partial charge in [0.05, 0.1) is 16.7 Å². The Bertz CT molecular complexity index is 1100. The van der Waals surface area contributed by atoms with Gasteiger partial charge in [0.1, 0.15) is 5.82 Å². The molecule has 1 saturated carbocycles. The highest BCUT2D eigenvalue weighted by molar-refractivity contribution is 6.01. The molecule has 1 aliphatic heterocycles. The lowest BCUT2D eigenvalue weighted by atomic mass is 9.94. The molecule has 2 fully saturated rings. The summed E-state index contributed by atoms with van der Waals surface area (Å²) in [5, 5.41) is 3.53. The van der Waals surface area contributed by atoms with Crippen molar-refractivity contribution in [1.29, 1.82) is 0 Å².